The van der Waals surface area contributed by atoms with Crippen LogP contribution in [0, 0.1) is 0 Å². The van der Waals surface area contributed by atoms with E-state index in [9.17, 15) is 5.11 Å². The van der Waals surface area contributed by atoms with Crippen molar-refractivity contribution < 1.29 is 9.84 Å². The molecule has 1 aromatic carbocycles. The maximum atomic E-state index is 11.0. The maximum Gasteiger partial charge on any atom is 0.208 e. The summed E-state index contributed by atoms with van der Waals surface area (Å²) >= 11 is 0. The molecule has 0 amide bonds. The van der Waals surface area contributed by atoms with Crippen molar-refractivity contribution in [1.29, 1.82) is 0 Å². The largest absolute Gasteiger partial charge is 0.361 e. The van der Waals surface area contributed by atoms with Gasteiger partial charge in [-0.2, -0.15) is 0 Å². The SMILES string of the molecule is CCc1cc(CC)cc(C2(O)OCC(C)(C)NC2C)c1. The quantitative estimate of drug-likeness (QED) is 0.892. The Labute approximate surface area is 122 Å². The third kappa shape index (κ3) is 2.90. The molecule has 1 fully saturated rings. The van der Waals surface area contributed by atoms with E-state index in [0.717, 1.165) is 18.4 Å². The number of rotatable bonds is 3. The first-order valence-corrected chi connectivity index (χ1v) is 7.58. The minimum atomic E-state index is -1.25. The lowest BCUT2D eigenvalue weighted by Crippen LogP contribution is -2.63. The van der Waals surface area contributed by atoms with E-state index in [0.29, 0.717) is 6.61 Å². The molecule has 1 aromatic rings. The molecule has 0 aromatic heterocycles. The predicted molar refractivity (Wildman–Crippen MR) is 81.7 cm³/mol. The van der Waals surface area contributed by atoms with E-state index in [1.807, 2.05) is 6.92 Å². The molecule has 0 saturated carbocycles. The van der Waals surface area contributed by atoms with Gasteiger partial charge in [-0.15, -0.1) is 0 Å². The van der Waals surface area contributed by atoms with Crippen LogP contribution in [0.15, 0.2) is 18.2 Å². The van der Waals surface area contributed by atoms with E-state index in [1.54, 1.807) is 0 Å². The van der Waals surface area contributed by atoms with Crippen molar-refractivity contribution in [3.8, 4) is 0 Å². The molecule has 1 saturated heterocycles. The number of aryl methyl sites for hydroxylation is 2. The van der Waals surface area contributed by atoms with Gasteiger partial charge in [0.25, 0.3) is 0 Å². The second-order valence-electron chi connectivity index (χ2n) is 6.48. The Balaban J connectivity index is 2.39. The van der Waals surface area contributed by atoms with Crippen molar-refractivity contribution in [3.63, 3.8) is 0 Å². The van der Waals surface area contributed by atoms with Gasteiger partial charge in [0.2, 0.25) is 5.79 Å². The molecule has 1 heterocycles. The molecular weight excluding hydrogens is 250 g/mol. The van der Waals surface area contributed by atoms with Gasteiger partial charge in [0.05, 0.1) is 12.6 Å². The van der Waals surface area contributed by atoms with Crippen LogP contribution in [0.5, 0.6) is 0 Å². The Bertz CT molecular complexity index is 462. The van der Waals surface area contributed by atoms with Gasteiger partial charge in [-0.1, -0.05) is 32.0 Å². The fourth-order valence-corrected chi connectivity index (χ4v) is 2.85. The van der Waals surface area contributed by atoms with Crippen LogP contribution in [0.2, 0.25) is 0 Å². The van der Waals surface area contributed by atoms with Crippen molar-refractivity contribution in [3.05, 3.63) is 34.9 Å². The van der Waals surface area contributed by atoms with Crippen LogP contribution in [0.25, 0.3) is 0 Å². The third-order valence-electron chi connectivity index (χ3n) is 4.13. The lowest BCUT2D eigenvalue weighted by Gasteiger charge is -2.46. The molecule has 112 valence electrons. The summed E-state index contributed by atoms with van der Waals surface area (Å²) < 4.78 is 5.87. The van der Waals surface area contributed by atoms with Gasteiger partial charge in [0.15, 0.2) is 0 Å². The summed E-state index contributed by atoms with van der Waals surface area (Å²) in [5.41, 5.74) is 3.24. The lowest BCUT2D eigenvalue weighted by atomic mass is 9.90. The molecule has 1 aliphatic rings. The van der Waals surface area contributed by atoms with Crippen molar-refractivity contribution in [2.45, 2.75) is 64.8 Å². The predicted octanol–water partition coefficient (Wildman–Crippen LogP) is 2.74. The normalized spacial score (nSPS) is 29.4. The Morgan fingerprint density at radius 1 is 1.20 bits per heavy atom. The van der Waals surface area contributed by atoms with Gasteiger partial charge in [-0.25, -0.2) is 0 Å². The number of hydrogen-bond acceptors (Lipinski definition) is 3. The molecule has 1 aliphatic heterocycles. The number of ether oxygens (including phenoxy) is 1. The van der Waals surface area contributed by atoms with Crippen LogP contribution in [-0.2, 0) is 23.4 Å². The number of benzene rings is 1. The van der Waals surface area contributed by atoms with Crippen LogP contribution in [0.1, 0.15) is 51.3 Å². The Hall–Kier alpha value is -0.900. The van der Waals surface area contributed by atoms with Gasteiger partial charge in [0, 0.05) is 11.1 Å². The first-order valence-electron chi connectivity index (χ1n) is 7.58. The highest BCUT2D eigenvalue weighted by Crippen LogP contribution is 2.33. The standard InChI is InChI=1S/C17H27NO2/c1-6-13-8-14(7-2)10-15(9-13)17(19)12(3)18-16(4,5)11-20-17/h8-10,12,18-19H,6-7,11H2,1-5H3. The minimum Gasteiger partial charge on any atom is -0.361 e. The maximum absolute atomic E-state index is 11.0. The highest BCUT2D eigenvalue weighted by molar-refractivity contribution is 5.34. The van der Waals surface area contributed by atoms with Crippen LogP contribution >= 0.6 is 0 Å². The molecule has 20 heavy (non-hydrogen) atoms. The van der Waals surface area contributed by atoms with Crippen molar-refractivity contribution >= 4 is 0 Å². The number of hydrogen-bond donors (Lipinski definition) is 2. The molecule has 0 radical (unpaired) electrons. The molecule has 2 rings (SSSR count). The van der Waals surface area contributed by atoms with E-state index in [-0.39, 0.29) is 11.6 Å². The highest BCUT2D eigenvalue weighted by Gasteiger charge is 2.44. The summed E-state index contributed by atoms with van der Waals surface area (Å²) in [4.78, 5) is 0. The van der Waals surface area contributed by atoms with Gasteiger partial charge in [-0.3, -0.25) is 0 Å². The lowest BCUT2D eigenvalue weighted by molar-refractivity contribution is -0.263. The topological polar surface area (TPSA) is 41.5 Å². The summed E-state index contributed by atoms with van der Waals surface area (Å²) in [6, 6.07) is 6.19. The zero-order valence-corrected chi connectivity index (χ0v) is 13.3. The van der Waals surface area contributed by atoms with Crippen LogP contribution < -0.4 is 5.32 Å². The minimum absolute atomic E-state index is 0.110. The monoisotopic (exact) mass is 277 g/mol. The first-order chi connectivity index (χ1) is 9.30. The Morgan fingerprint density at radius 3 is 2.20 bits per heavy atom. The molecule has 3 heteroatoms. The summed E-state index contributed by atoms with van der Waals surface area (Å²) in [6.07, 6.45) is 1.93. The summed E-state index contributed by atoms with van der Waals surface area (Å²) in [6.45, 7) is 10.9. The molecular formula is C17H27NO2. The zero-order valence-electron chi connectivity index (χ0n) is 13.3. The fourth-order valence-electron chi connectivity index (χ4n) is 2.85. The average Bonchev–Trinajstić information content (AvgIpc) is 2.42. The smallest absolute Gasteiger partial charge is 0.208 e. The molecule has 0 spiro atoms. The summed E-state index contributed by atoms with van der Waals surface area (Å²) in [7, 11) is 0. The van der Waals surface area contributed by atoms with Crippen LogP contribution in [0.4, 0.5) is 0 Å². The van der Waals surface area contributed by atoms with Gasteiger partial charge in [0.1, 0.15) is 0 Å². The summed E-state index contributed by atoms with van der Waals surface area (Å²) in [5.74, 6) is -1.25. The Kier molecular flexibility index (Phi) is 4.24. The fraction of sp³-hybridized carbons (Fsp3) is 0.647. The van der Waals surface area contributed by atoms with E-state index >= 15 is 0 Å². The third-order valence-corrected chi connectivity index (χ3v) is 4.13. The highest BCUT2D eigenvalue weighted by atomic mass is 16.6. The number of nitrogens with one attached hydrogen (secondary N) is 1. The van der Waals surface area contributed by atoms with Crippen molar-refractivity contribution in [2.24, 2.45) is 0 Å². The molecule has 2 atom stereocenters. The van der Waals surface area contributed by atoms with Crippen molar-refractivity contribution in [2.75, 3.05) is 6.61 Å². The molecule has 2 N–H and O–H groups in total. The zero-order chi connectivity index (χ0) is 15.0. The average molecular weight is 277 g/mol. The molecule has 3 nitrogen and oxygen atoms in total. The van der Waals surface area contributed by atoms with Crippen molar-refractivity contribution in [1.82, 2.24) is 5.32 Å². The molecule has 2 unspecified atom stereocenters. The van der Waals surface area contributed by atoms with E-state index in [1.165, 1.54) is 11.1 Å². The second-order valence-corrected chi connectivity index (χ2v) is 6.48. The van der Waals surface area contributed by atoms with E-state index < -0.39 is 5.79 Å². The number of aliphatic hydroxyl groups is 1. The van der Waals surface area contributed by atoms with Gasteiger partial charge >= 0.3 is 0 Å². The van der Waals surface area contributed by atoms with Gasteiger partial charge in [-0.05, 0) is 44.7 Å². The first kappa shape index (κ1) is 15.5. The van der Waals surface area contributed by atoms with E-state index in [4.69, 9.17) is 4.74 Å². The molecule has 0 bridgehead atoms. The summed E-state index contributed by atoms with van der Waals surface area (Å²) in [5, 5.41) is 14.4. The Morgan fingerprint density at radius 2 is 1.75 bits per heavy atom. The second kappa shape index (κ2) is 5.47. The van der Waals surface area contributed by atoms with Crippen LogP contribution in [0.3, 0.4) is 0 Å². The van der Waals surface area contributed by atoms with Gasteiger partial charge < -0.3 is 15.2 Å². The molecule has 0 aliphatic carbocycles. The van der Waals surface area contributed by atoms with Crippen LogP contribution in [-0.4, -0.2) is 23.3 Å². The number of morpholine rings is 1. The van der Waals surface area contributed by atoms with E-state index in [2.05, 4.69) is 51.2 Å².